The van der Waals surface area contributed by atoms with E-state index in [-0.39, 0.29) is 0 Å². The first kappa shape index (κ1) is 8.57. The van der Waals surface area contributed by atoms with Gasteiger partial charge >= 0.3 is 0 Å². The predicted molar refractivity (Wildman–Crippen MR) is 48.9 cm³/mol. The van der Waals surface area contributed by atoms with Crippen LogP contribution in [0, 0.1) is 0 Å². The first-order valence-electron chi connectivity index (χ1n) is 3.67. The fraction of sp³-hybridized carbons (Fsp3) is 0.333. The summed E-state index contributed by atoms with van der Waals surface area (Å²) < 4.78 is 0. The van der Waals surface area contributed by atoms with Crippen LogP contribution in [0.25, 0.3) is 0 Å². The zero-order chi connectivity index (χ0) is 8.27. The Labute approximate surface area is 72.4 Å². The average molecular weight is 170 g/mol. The lowest BCUT2D eigenvalue weighted by Crippen LogP contribution is -2.11. The van der Waals surface area contributed by atoms with Crippen LogP contribution < -0.4 is 5.32 Å². The Morgan fingerprint density at radius 3 is 2.73 bits per heavy atom. The molecule has 0 saturated heterocycles. The van der Waals surface area contributed by atoms with Crippen LogP contribution in [-0.4, -0.2) is 7.05 Å². The third-order valence-corrected chi connectivity index (χ3v) is 2.02. The zero-order valence-corrected chi connectivity index (χ0v) is 7.52. The highest BCUT2D eigenvalue weighted by Gasteiger charge is 2.00. The SMILES string of the molecule is CN[C@H](C)c1cccc(Cl)c1. The number of benzene rings is 1. The van der Waals surface area contributed by atoms with Gasteiger partial charge in [0.25, 0.3) is 0 Å². The summed E-state index contributed by atoms with van der Waals surface area (Å²) in [6.07, 6.45) is 0. The van der Waals surface area contributed by atoms with Crippen molar-refractivity contribution in [3.8, 4) is 0 Å². The van der Waals surface area contributed by atoms with Crippen molar-refractivity contribution >= 4 is 11.6 Å². The van der Waals surface area contributed by atoms with E-state index in [2.05, 4.69) is 18.3 Å². The molecule has 0 unspecified atom stereocenters. The molecule has 1 aromatic rings. The largest absolute Gasteiger partial charge is 0.313 e. The molecule has 1 rings (SSSR count). The highest BCUT2D eigenvalue weighted by molar-refractivity contribution is 6.30. The second-order valence-electron chi connectivity index (χ2n) is 2.57. The fourth-order valence-electron chi connectivity index (χ4n) is 0.943. The van der Waals surface area contributed by atoms with E-state index in [1.807, 2.05) is 25.2 Å². The molecule has 0 aliphatic rings. The van der Waals surface area contributed by atoms with Gasteiger partial charge in [-0.3, -0.25) is 0 Å². The smallest absolute Gasteiger partial charge is 0.0409 e. The number of hydrogen-bond donors (Lipinski definition) is 1. The molecule has 1 nitrogen and oxygen atoms in total. The molecule has 0 bridgehead atoms. The van der Waals surface area contributed by atoms with Crippen LogP contribution in [0.1, 0.15) is 18.5 Å². The summed E-state index contributed by atoms with van der Waals surface area (Å²) in [5, 5.41) is 3.95. The molecule has 11 heavy (non-hydrogen) atoms. The van der Waals surface area contributed by atoms with Gasteiger partial charge in [0.2, 0.25) is 0 Å². The number of nitrogens with one attached hydrogen (secondary N) is 1. The molecule has 0 aliphatic heterocycles. The Balaban J connectivity index is 2.86. The summed E-state index contributed by atoms with van der Waals surface area (Å²) in [4.78, 5) is 0. The lowest BCUT2D eigenvalue weighted by molar-refractivity contribution is 0.652. The van der Waals surface area contributed by atoms with Crippen molar-refractivity contribution in [2.75, 3.05) is 7.05 Å². The van der Waals surface area contributed by atoms with E-state index in [0.29, 0.717) is 6.04 Å². The second kappa shape index (κ2) is 3.74. The van der Waals surface area contributed by atoms with E-state index in [0.717, 1.165) is 5.02 Å². The molecule has 0 amide bonds. The number of halogens is 1. The summed E-state index contributed by atoms with van der Waals surface area (Å²) >= 11 is 5.82. The van der Waals surface area contributed by atoms with Crippen LogP contribution in [0.3, 0.4) is 0 Å². The molecule has 0 heterocycles. The Morgan fingerprint density at radius 1 is 1.45 bits per heavy atom. The van der Waals surface area contributed by atoms with Crippen molar-refractivity contribution < 1.29 is 0 Å². The molecule has 0 spiro atoms. The van der Waals surface area contributed by atoms with Gasteiger partial charge < -0.3 is 5.32 Å². The predicted octanol–water partition coefficient (Wildman–Crippen LogP) is 2.62. The topological polar surface area (TPSA) is 12.0 Å². The molecule has 1 atom stereocenters. The van der Waals surface area contributed by atoms with Crippen molar-refractivity contribution in [3.63, 3.8) is 0 Å². The highest BCUT2D eigenvalue weighted by atomic mass is 35.5. The van der Waals surface area contributed by atoms with Crippen LogP contribution in [0.2, 0.25) is 5.02 Å². The molecule has 0 aromatic heterocycles. The molecular weight excluding hydrogens is 158 g/mol. The summed E-state index contributed by atoms with van der Waals surface area (Å²) in [7, 11) is 1.94. The highest BCUT2D eigenvalue weighted by Crippen LogP contribution is 2.16. The van der Waals surface area contributed by atoms with Crippen molar-refractivity contribution in [2.45, 2.75) is 13.0 Å². The van der Waals surface area contributed by atoms with E-state index in [1.54, 1.807) is 0 Å². The number of hydrogen-bond acceptors (Lipinski definition) is 1. The van der Waals surface area contributed by atoms with Crippen LogP contribution in [0.4, 0.5) is 0 Å². The zero-order valence-electron chi connectivity index (χ0n) is 6.76. The summed E-state index contributed by atoms with van der Waals surface area (Å²) in [6, 6.07) is 8.25. The average Bonchev–Trinajstić information content (AvgIpc) is 2.03. The molecular formula is C9H12ClN. The maximum Gasteiger partial charge on any atom is 0.0409 e. The van der Waals surface area contributed by atoms with Crippen molar-refractivity contribution in [1.29, 1.82) is 0 Å². The van der Waals surface area contributed by atoms with E-state index >= 15 is 0 Å². The molecule has 0 aliphatic carbocycles. The van der Waals surface area contributed by atoms with Gasteiger partial charge in [0.05, 0.1) is 0 Å². The maximum absolute atomic E-state index is 5.82. The molecule has 0 saturated carbocycles. The van der Waals surface area contributed by atoms with Crippen LogP contribution >= 0.6 is 11.6 Å². The van der Waals surface area contributed by atoms with Gasteiger partial charge in [-0.05, 0) is 31.7 Å². The first-order valence-corrected chi connectivity index (χ1v) is 4.04. The minimum absolute atomic E-state index is 0.369. The standard InChI is InChI=1S/C9H12ClN/c1-7(11-2)8-4-3-5-9(10)6-8/h3-7,11H,1-2H3/t7-/m1/s1. The molecule has 1 aromatic carbocycles. The third-order valence-electron chi connectivity index (χ3n) is 1.78. The van der Waals surface area contributed by atoms with Gasteiger partial charge in [-0.15, -0.1) is 0 Å². The Bertz CT molecular complexity index is 235. The molecule has 1 N–H and O–H groups in total. The summed E-state index contributed by atoms with van der Waals surface area (Å²) in [5.74, 6) is 0. The third kappa shape index (κ3) is 2.21. The first-order chi connectivity index (χ1) is 5.24. The van der Waals surface area contributed by atoms with Crippen LogP contribution in [0.15, 0.2) is 24.3 Å². The monoisotopic (exact) mass is 169 g/mol. The Hall–Kier alpha value is -0.530. The van der Waals surface area contributed by atoms with Crippen LogP contribution in [0.5, 0.6) is 0 Å². The quantitative estimate of drug-likeness (QED) is 0.718. The number of rotatable bonds is 2. The van der Waals surface area contributed by atoms with Gasteiger partial charge in [-0.25, -0.2) is 0 Å². The van der Waals surface area contributed by atoms with Gasteiger partial charge in [0.15, 0.2) is 0 Å². The summed E-state index contributed by atoms with van der Waals surface area (Å²) in [5.41, 5.74) is 1.22. The lowest BCUT2D eigenvalue weighted by atomic mass is 10.1. The normalized spacial score (nSPS) is 13.0. The molecule has 60 valence electrons. The van der Waals surface area contributed by atoms with E-state index < -0.39 is 0 Å². The van der Waals surface area contributed by atoms with Crippen molar-refractivity contribution in [1.82, 2.24) is 5.32 Å². The van der Waals surface area contributed by atoms with Crippen molar-refractivity contribution in [3.05, 3.63) is 34.9 Å². The fourth-order valence-corrected chi connectivity index (χ4v) is 1.14. The van der Waals surface area contributed by atoms with E-state index in [4.69, 9.17) is 11.6 Å². The van der Waals surface area contributed by atoms with Gasteiger partial charge in [0.1, 0.15) is 0 Å². The molecule has 0 fully saturated rings. The molecule has 2 heteroatoms. The second-order valence-corrected chi connectivity index (χ2v) is 3.00. The lowest BCUT2D eigenvalue weighted by Gasteiger charge is -2.09. The van der Waals surface area contributed by atoms with E-state index in [1.165, 1.54) is 5.56 Å². The Morgan fingerprint density at radius 2 is 2.18 bits per heavy atom. The molecule has 0 radical (unpaired) electrons. The minimum Gasteiger partial charge on any atom is -0.313 e. The van der Waals surface area contributed by atoms with Gasteiger partial charge in [-0.2, -0.15) is 0 Å². The maximum atomic E-state index is 5.82. The van der Waals surface area contributed by atoms with Gasteiger partial charge in [0, 0.05) is 11.1 Å². The Kier molecular flexibility index (Phi) is 2.92. The van der Waals surface area contributed by atoms with Gasteiger partial charge in [-0.1, -0.05) is 23.7 Å². The van der Waals surface area contributed by atoms with Crippen molar-refractivity contribution in [2.24, 2.45) is 0 Å². The summed E-state index contributed by atoms with van der Waals surface area (Å²) in [6.45, 7) is 2.10. The van der Waals surface area contributed by atoms with E-state index in [9.17, 15) is 0 Å². The minimum atomic E-state index is 0.369. The van der Waals surface area contributed by atoms with Crippen LogP contribution in [-0.2, 0) is 0 Å².